The second-order valence-electron chi connectivity index (χ2n) is 5.65. The van der Waals surface area contributed by atoms with Crippen molar-refractivity contribution in [1.29, 1.82) is 0 Å². The number of carbonyl (C=O) groups excluding carboxylic acids is 1. The molecule has 0 aliphatic heterocycles. The average Bonchev–Trinajstić information content (AvgIpc) is 3.04. The van der Waals surface area contributed by atoms with Gasteiger partial charge >= 0.3 is 6.03 Å². The van der Waals surface area contributed by atoms with Gasteiger partial charge in [-0.3, -0.25) is 5.32 Å². The van der Waals surface area contributed by atoms with Gasteiger partial charge in [0, 0.05) is 17.5 Å². The van der Waals surface area contributed by atoms with Crippen LogP contribution < -0.4 is 10.6 Å². The molecule has 0 fully saturated rings. The molecule has 0 saturated heterocycles. The monoisotopic (exact) mass is 337 g/mol. The number of carbonyl (C=O) groups is 1. The lowest BCUT2D eigenvalue weighted by molar-refractivity contribution is 0.251. The van der Waals surface area contributed by atoms with Crippen LogP contribution in [0.5, 0.6) is 0 Å². The van der Waals surface area contributed by atoms with Gasteiger partial charge in [0.05, 0.1) is 5.69 Å². The Morgan fingerprint density at radius 2 is 1.92 bits per heavy atom. The number of thiazole rings is 1. The number of rotatable bonds is 4. The van der Waals surface area contributed by atoms with Gasteiger partial charge in [0.1, 0.15) is 0 Å². The molecule has 0 unspecified atom stereocenters. The number of nitrogens with zero attached hydrogens (tertiary/aromatic N) is 1. The van der Waals surface area contributed by atoms with Crippen molar-refractivity contribution in [3.05, 3.63) is 70.6 Å². The lowest BCUT2D eigenvalue weighted by Gasteiger charge is -2.06. The Kier molecular flexibility index (Phi) is 4.91. The maximum Gasteiger partial charge on any atom is 0.321 e. The van der Waals surface area contributed by atoms with Gasteiger partial charge in [0.15, 0.2) is 5.13 Å². The summed E-state index contributed by atoms with van der Waals surface area (Å²) in [5.74, 6) is 0. The molecular formula is C19H19N3OS. The standard InChI is InChI=1S/C19H19N3OS/c1-13-8-9-14(2)16(10-13)17-12-24-19(21-17)22-18(23)20-11-15-6-4-3-5-7-15/h3-10,12H,11H2,1-2H3,(H2,20,21,22,23). The molecular weight excluding hydrogens is 318 g/mol. The number of nitrogens with one attached hydrogen (secondary N) is 2. The van der Waals surface area contributed by atoms with E-state index in [9.17, 15) is 4.79 Å². The number of anilines is 1. The first kappa shape index (κ1) is 16.2. The molecule has 3 rings (SSSR count). The number of hydrogen-bond acceptors (Lipinski definition) is 3. The van der Waals surface area contributed by atoms with Crippen LogP contribution in [0.1, 0.15) is 16.7 Å². The van der Waals surface area contributed by atoms with E-state index in [-0.39, 0.29) is 6.03 Å². The van der Waals surface area contributed by atoms with E-state index in [1.54, 1.807) is 0 Å². The molecule has 0 atom stereocenters. The first-order valence-electron chi connectivity index (χ1n) is 7.74. The molecule has 2 aromatic carbocycles. The zero-order valence-corrected chi connectivity index (χ0v) is 14.5. The van der Waals surface area contributed by atoms with Gasteiger partial charge < -0.3 is 5.32 Å². The van der Waals surface area contributed by atoms with Gasteiger partial charge in [0.25, 0.3) is 0 Å². The predicted octanol–water partition coefficient (Wildman–Crippen LogP) is 4.75. The molecule has 0 radical (unpaired) electrons. The van der Waals surface area contributed by atoms with Gasteiger partial charge in [-0.05, 0) is 31.0 Å². The Hall–Kier alpha value is -2.66. The maximum absolute atomic E-state index is 12.0. The Bertz CT molecular complexity index is 843. The van der Waals surface area contributed by atoms with Crippen molar-refractivity contribution in [1.82, 2.24) is 10.3 Å². The first-order valence-corrected chi connectivity index (χ1v) is 8.62. The average molecular weight is 337 g/mol. The normalized spacial score (nSPS) is 10.4. The highest BCUT2D eigenvalue weighted by Crippen LogP contribution is 2.28. The summed E-state index contributed by atoms with van der Waals surface area (Å²) in [5, 5.41) is 8.19. The second-order valence-corrected chi connectivity index (χ2v) is 6.51. The summed E-state index contributed by atoms with van der Waals surface area (Å²) in [5.41, 5.74) is 5.41. The van der Waals surface area contributed by atoms with Gasteiger partial charge in [-0.25, -0.2) is 9.78 Å². The van der Waals surface area contributed by atoms with E-state index in [0.717, 1.165) is 16.8 Å². The SMILES string of the molecule is Cc1ccc(C)c(-c2csc(NC(=O)NCc3ccccc3)n2)c1. The molecule has 0 aliphatic rings. The van der Waals surface area contributed by atoms with Crippen molar-refractivity contribution in [2.75, 3.05) is 5.32 Å². The van der Waals surface area contributed by atoms with E-state index in [2.05, 4.69) is 47.7 Å². The van der Waals surface area contributed by atoms with Crippen LogP contribution in [0.4, 0.5) is 9.93 Å². The molecule has 24 heavy (non-hydrogen) atoms. The number of aryl methyl sites for hydroxylation is 2. The van der Waals surface area contributed by atoms with Gasteiger partial charge in [0.2, 0.25) is 0 Å². The molecule has 5 heteroatoms. The topological polar surface area (TPSA) is 54.0 Å². The van der Waals surface area contributed by atoms with E-state index in [0.29, 0.717) is 11.7 Å². The van der Waals surface area contributed by atoms with Crippen LogP contribution in [-0.4, -0.2) is 11.0 Å². The summed E-state index contributed by atoms with van der Waals surface area (Å²) >= 11 is 1.43. The fourth-order valence-corrected chi connectivity index (χ4v) is 3.09. The molecule has 4 nitrogen and oxygen atoms in total. The summed E-state index contributed by atoms with van der Waals surface area (Å²) in [4.78, 5) is 16.5. The van der Waals surface area contributed by atoms with E-state index >= 15 is 0 Å². The van der Waals surface area contributed by atoms with E-state index in [1.165, 1.54) is 22.5 Å². The summed E-state index contributed by atoms with van der Waals surface area (Å²) in [6.45, 7) is 4.61. The molecule has 0 spiro atoms. The third-order valence-electron chi connectivity index (χ3n) is 3.69. The molecule has 0 saturated carbocycles. The van der Waals surface area contributed by atoms with E-state index < -0.39 is 0 Å². The second kappa shape index (κ2) is 7.27. The van der Waals surface area contributed by atoms with Crippen molar-refractivity contribution < 1.29 is 4.79 Å². The van der Waals surface area contributed by atoms with Crippen LogP contribution in [-0.2, 0) is 6.54 Å². The van der Waals surface area contributed by atoms with Gasteiger partial charge in [-0.1, -0.05) is 48.0 Å². The van der Waals surface area contributed by atoms with Crippen molar-refractivity contribution in [2.45, 2.75) is 20.4 Å². The lowest BCUT2D eigenvalue weighted by atomic mass is 10.0. The quantitative estimate of drug-likeness (QED) is 0.722. The Morgan fingerprint density at radius 1 is 1.12 bits per heavy atom. The number of amides is 2. The maximum atomic E-state index is 12.0. The number of urea groups is 1. The van der Waals surface area contributed by atoms with Crippen LogP contribution >= 0.6 is 11.3 Å². The number of aromatic nitrogens is 1. The minimum Gasteiger partial charge on any atom is -0.334 e. The Labute approximate surface area is 145 Å². The predicted molar refractivity (Wildman–Crippen MR) is 99.3 cm³/mol. The lowest BCUT2D eigenvalue weighted by Crippen LogP contribution is -2.28. The van der Waals surface area contributed by atoms with Crippen LogP contribution in [0.2, 0.25) is 0 Å². The molecule has 1 aromatic heterocycles. The minimum absolute atomic E-state index is 0.249. The summed E-state index contributed by atoms with van der Waals surface area (Å²) in [7, 11) is 0. The molecule has 0 bridgehead atoms. The number of benzene rings is 2. The van der Waals surface area contributed by atoms with Crippen LogP contribution in [0.3, 0.4) is 0 Å². The highest BCUT2D eigenvalue weighted by molar-refractivity contribution is 7.14. The molecule has 3 aromatic rings. The highest BCUT2D eigenvalue weighted by atomic mass is 32.1. The Balaban J connectivity index is 1.63. The fourth-order valence-electron chi connectivity index (χ4n) is 2.39. The number of hydrogen-bond donors (Lipinski definition) is 2. The minimum atomic E-state index is -0.249. The van der Waals surface area contributed by atoms with Crippen molar-refractivity contribution >= 4 is 22.5 Å². The smallest absolute Gasteiger partial charge is 0.321 e. The van der Waals surface area contributed by atoms with Crippen LogP contribution in [0, 0.1) is 13.8 Å². The van der Waals surface area contributed by atoms with E-state index in [4.69, 9.17) is 0 Å². The third-order valence-corrected chi connectivity index (χ3v) is 4.45. The zero-order valence-electron chi connectivity index (χ0n) is 13.7. The summed E-state index contributed by atoms with van der Waals surface area (Å²) in [6, 6.07) is 15.8. The Morgan fingerprint density at radius 3 is 2.71 bits per heavy atom. The third kappa shape index (κ3) is 4.00. The van der Waals surface area contributed by atoms with Crippen molar-refractivity contribution in [2.24, 2.45) is 0 Å². The summed E-state index contributed by atoms with van der Waals surface area (Å²) < 4.78 is 0. The fraction of sp³-hybridized carbons (Fsp3) is 0.158. The molecule has 0 aliphatic carbocycles. The molecule has 122 valence electrons. The molecule has 2 N–H and O–H groups in total. The van der Waals surface area contributed by atoms with Gasteiger partial charge in [-0.2, -0.15) is 0 Å². The van der Waals surface area contributed by atoms with Gasteiger partial charge in [-0.15, -0.1) is 11.3 Å². The molecule has 1 heterocycles. The van der Waals surface area contributed by atoms with Crippen molar-refractivity contribution in [3.63, 3.8) is 0 Å². The molecule has 2 amide bonds. The summed E-state index contributed by atoms with van der Waals surface area (Å²) in [6.07, 6.45) is 0. The van der Waals surface area contributed by atoms with Crippen molar-refractivity contribution in [3.8, 4) is 11.3 Å². The zero-order chi connectivity index (χ0) is 16.9. The highest BCUT2D eigenvalue weighted by Gasteiger charge is 2.09. The first-order chi connectivity index (χ1) is 11.6. The van der Waals surface area contributed by atoms with Crippen LogP contribution in [0.15, 0.2) is 53.9 Å². The van der Waals surface area contributed by atoms with Crippen LogP contribution in [0.25, 0.3) is 11.3 Å². The largest absolute Gasteiger partial charge is 0.334 e. The van der Waals surface area contributed by atoms with E-state index in [1.807, 2.05) is 35.7 Å².